The minimum atomic E-state index is -0.669. The number of benzene rings is 2. The highest BCUT2D eigenvalue weighted by atomic mass is 16.6. The van der Waals surface area contributed by atoms with Crippen molar-refractivity contribution in [2.75, 3.05) is 11.9 Å². The van der Waals surface area contributed by atoms with Crippen molar-refractivity contribution in [3.05, 3.63) is 65.7 Å². The Balaban J connectivity index is 1.47. The molecule has 0 spiro atoms. The molecular weight excluding hydrogens is 450 g/mol. The highest BCUT2D eigenvalue weighted by molar-refractivity contribution is 6.05. The van der Waals surface area contributed by atoms with E-state index in [0.717, 1.165) is 11.1 Å². The molecule has 3 amide bonds. The van der Waals surface area contributed by atoms with Crippen LogP contribution in [0.15, 0.2) is 64.8 Å². The maximum atomic E-state index is 12.6. The maximum absolute atomic E-state index is 12.6. The summed E-state index contributed by atoms with van der Waals surface area (Å²) in [4.78, 5) is 36.5. The number of amides is 3. The van der Waals surface area contributed by atoms with Gasteiger partial charge in [-0.3, -0.25) is 15.0 Å². The third kappa shape index (κ3) is 7.11. The zero-order chi connectivity index (χ0) is 25.4. The van der Waals surface area contributed by atoms with Gasteiger partial charge in [0.1, 0.15) is 6.61 Å². The predicted molar refractivity (Wildman–Crippen MR) is 132 cm³/mol. The molecule has 11 heteroatoms. The minimum absolute atomic E-state index is 0.0134. The van der Waals surface area contributed by atoms with Gasteiger partial charge in [-0.15, -0.1) is 10.2 Å². The van der Waals surface area contributed by atoms with Crippen LogP contribution in [0, 0.1) is 5.92 Å². The molecular formula is C24H29N7O4. The second kappa shape index (κ2) is 11.7. The quantitative estimate of drug-likeness (QED) is 0.454. The van der Waals surface area contributed by atoms with Crippen LogP contribution in [0.25, 0.3) is 0 Å². The monoisotopic (exact) mass is 479 g/mol. The van der Waals surface area contributed by atoms with Gasteiger partial charge in [0.15, 0.2) is 11.7 Å². The van der Waals surface area contributed by atoms with Crippen LogP contribution < -0.4 is 21.8 Å². The number of amidine groups is 2. The van der Waals surface area contributed by atoms with Crippen LogP contribution in [0.1, 0.15) is 31.9 Å². The van der Waals surface area contributed by atoms with Crippen LogP contribution >= 0.6 is 0 Å². The largest absolute Gasteiger partial charge is 0.443 e. The topological polar surface area (TPSA) is 151 Å². The van der Waals surface area contributed by atoms with Gasteiger partial charge in [0.05, 0.1) is 12.6 Å². The number of hydrogen-bond acceptors (Lipinski definition) is 8. The first-order valence-electron chi connectivity index (χ1n) is 11.1. The Morgan fingerprint density at radius 2 is 1.74 bits per heavy atom. The highest BCUT2D eigenvalue weighted by Crippen LogP contribution is 2.12. The van der Waals surface area contributed by atoms with E-state index in [1.165, 1.54) is 5.01 Å². The molecule has 0 bridgehead atoms. The summed E-state index contributed by atoms with van der Waals surface area (Å²) < 4.78 is 5.39. The van der Waals surface area contributed by atoms with Gasteiger partial charge < -0.3 is 21.1 Å². The molecule has 3 rings (SSSR count). The molecule has 11 nitrogen and oxygen atoms in total. The Kier molecular flexibility index (Phi) is 8.52. The van der Waals surface area contributed by atoms with E-state index in [1.807, 2.05) is 44.2 Å². The molecule has 1 atom stereocenters. The van der Waals surface area contributed by atoms with Crippen molar-refractivity contribution in [2.24, 2.45) is 21.9 Å². The van der Waals surface area contributed by atoms with Crippen LogP contribution in [0.3, 0.4) is 0 Å². The van der Waals surface area contributed by atoms with Crippen molar-refractivity contribution in [2.45, 2.75) is 33.4 Å². The average molecular weight is 480 g/mol. The van der Waals surface area contributed by atoms with E-state index >= 15 is 0 Å². The van der Waals surface area contributed by atoms with Gasteiger partial charge in [-0.05, 0) is 30.5 Å². The van der Waals surface area contributed by atoms with E-state index in [9.17, 15) is 14.4 Å². The van der Waals surface area contributed by atoms with E-state index in [2.05, 4.69) is 26.3 Å². The Hall–Kier alpha value is -4.25. The first-order valence-corrected chi connectivity index (χ1v) is 11.1. The summed E-state index contributed by atoms with van der Waals surface area (Å²) in [7, 11) is 0. The lowest BCUT2D eigenvalue weighted by Crippen LogP contribution is -2.51. The molecule has 0 radical (unpaired) electrons. The number of anilines is 1. The third-order valence-electron chi connectivity index (χ3n) is 5.11. The maximum Gasteiger partial charge on any atom is 0.435 e. The van der Waals surface area contributed by atoms with Gasteiger partial charge >= 0.3 is 6.09 Å². The van der Waals surface area contributed by atoms with E-state index in [1.54, 1.807) is 31.2 Å². The van der Waals surface area contributed by atoms with Crippen molar-refractivity contribution in [3.63, 3.8) is 0 Å². The molecule has 0 saturated heterocycles. The zero-order valence-electron chi connectivity index (χ0n) is 19.8. The molecule has 1 aliphatic rings. The molecule has 0 saturated carbocycles. The number of ether oxygens (including phenoxy) is 1. The van der Waals surface area contributed by atoms with Crippen LogP contribution in [0.5, 0.6) is 0 Å². The van der Waals surface area contributed by atoms with Crippen molar-refractivity contribution < 1.29 is 19.1 Å². The lowest BCUT2D eigenvalue weighted by atomic mass is 10.1. The summed E-state index contributed by atoms with van der Waals surface area (Å²) in [5.41, 5.74) is 10.7. The van der Waals surface area contributed by atoms with E-state index < -0.39 is 12.1 Å². The number of carbonyl (C=O) groups excluding carboxylic acids is 3. The molecule has 184 valence electrons. The van der Waals surface area contributed by atoms with Crippen LogP contribution in [0.2, 0.25) is 0 Å². The lowest BCUT2D eigenvalue weighted by molar-refractivity contribution is -0.125. The van der Waals surface area contributed by atoms with Crippen molar-refractivity contribution in [3.8, 4) is 0 Å². The normalized spacial score (nSPS) is 13.8. The second-order valence-corrected chi connectivity index (χ2v) is 8.20. The fraction of sp³-hybridized carbons (Fsp3) is 0.292. The number of hydrogen-bond donors (Lipinski definition) is 4. The molecule has 2 aromatic carbocycles. The number of nitrogens with two attached hydrogens (primary N) is 1. The van der Waals surface area contributed by atoms with Gasteiger partial charge in [0.25, 0.3) is 0 Å². The van der Waals surface area contributed by atoms with Crippen molar-refractivity contribution in [1.29, 1.82) is 0 Å². The van der Waals surface area contributed by atoms with Gasteiger partial charge in [0, 0.05) is 11.3 Å². The average Bonchev–Trinajstić information content (AvgIpc) is 2.87. The minimum Gasteiger partial charge on any atom is -0.443 e. The van der Waals surface area contributed by atoms with Gasteiger partial charge in [-0.2, -0.15) is 5.01 Å². The lowest BCUT2D eigenvalue weighted by Gasteiger charge is -2.25. The molecule has 0 aromatic heterocycles. The Morgan fingerprint density at radius 3 is 2.40 bits per heavy atom. The van der Waals surface area contributed by atoms with Gasteiger partial charge in [-0.1, -0.05) is 56.3 Å². The van der Waals surface area contributed by atoms with Crippen LogP contribution in [0.4, 0.5) is 10.5 Å². The molecule has 5 N–H and O–H groups in total. The number of nitrogens with one attached hydrogen (secondary N) is 3. The summed E-state index contributed by atoms with van der Waals surface area (Å²) in [5, 5.41) is 14.5. The van der Waals surface area contributed by atoms with Crippen LogP contribution in [-0.4, -0.2) is 47.2 Å². The highest BCUT2D eigenvalue weighted by Gasteiger charge is 2.24. The fourth-order valence-corrected chi connectivity index (χ4v) is 2.96. The molecule has 0 aliphatic carbocycles. The Labute approximate surface area is 203 Å². The second-order valence-electron chi connectivity index (χ2n) is 8.20. The predicted octanol–water partition coefficient (Wildman–Crippen LogP) is 1.96. The zero-order valence-corrected chi connectivity index (χ0v) is 19.8. The molecule has 35 heavy (non-hydrogen) atoms. The fourth-order valence-electron chi connectivity index (χ4n) is 2.96. The Morgan fingerprint density at radius 1 is 1.06 bits per heavy atom. The standard InChI is InChI=1S/C24H29N7O4/c1-15(2)21(25)23(33)26-13-20(32)27-19-11-9-17(10-12-19)14-35-24(34)31-16(3)28-29-22(30-31)18-7-5-4-6-8-18/h4-12,15,21H,13-14,25H2,1-3H3,(H,26,33)(H,27,32)(H,29,30). The molecule has 1 unspecified atom stereocenters. The SMILES string of the molecule is CC1=NN=C(c2ccccc2)NN1C(=O)OCc1ccc(NC(=O)CNC(=O)C(N)C(C)C)cc1. The smallest absolute Gasteiger partial charge is 0.435 e. The van der Waals surface area contributed by atoms with Crippen molar-refractivity contribution >= 4 is 35.3 Å². The first-order chi connectivity index (χ1) is 16.7. The molecule has 0 fully saturated rings. The van der Waals surface area contributed by atoms with E-state index in [0.29, 0.717) is 17.4 Å². The summed E-state index contributed by atoms with van der Waals surface area (Å²) in [6.45, 7) is 5.13. The van der Waals surface area contributed by atoms with Crippen molar-refractivity contribution in [1.82, 2.24) is 15.8 Å². The molecule has 1 heterocycles. The van der Waals surface area contributed by atoms with E-state index in [-0.39, 0.29) is 30.9 Å². The number of rotatable bonds is 8. The Bertz CT molecular complexity index is 1110. The first kappa shape index (κ1) is 25.4. The summed E-state index contributed by atoms with van der Waals surface area (Å²) in [5.74, 6) is -0.0151. The summed E-state index contributed by atoms with van der Waals surface area (Å²) in [6, 6.07) is 15.4. The van der Waals surface area contributed by atoms with Gasteiger partial charge in [-0.25, -0.2) is 4.79 Å². The third-order valence-corrected chi connectivity index (χ3v) is 5.11. The summed E-state index contributed by atoms with van der Waals surface area (Å²) >= 11 is 0. The number of hydrazine groups is 1. The van der Waals surface area contributed by atoms with Gasteiger partial charge in [0.2, 0.25) is 11.8 Å². The number of carbonyl (C=O) groups is 3. The molecule has 1 aliphatic heterocycles. The van der Waals surface area contributed by atoms with E-state index in [4.69, 9.17) is 10.5 Å². The van der Waals surface area contributed by atoms with Crippen LogP contribution in [-0.2, 0) is 20.9 Å². The number of nitrogens with zero attached hydrogens (tertiary/aromatic N) is 3. The summed E-state index contributed by atoms with van der Waals surface area (Å²) in [6.07, 6.45) is -0.637. The molecule has 2 aromatic rings.